The van der Waals surface area contributed by atoms with Crippen molar-refractivity contribution in [1.29, 1.82) is 0 Å². The molecule has 0 saturated carbocycles. The average molecular weight is 499 g/mol. The van der Waals surface area contributed by atoms with Gasteiger partial charge in [0.25, 0.3) is 0 Å². The van der Waals surface area contributed by atoms with Crippen LogP contribution in [0.15, 0.2) is 30.4 Å². The number of aromatic carboxylic acids is 1. The molecule has 1 aliphatic heterocycles. The van der Waals surface area contributed by atoms with Crippen molar-refractivity contribution in [2.45, 2.75) is 70.0 Å². The molecule has 1 aromatic rings. The summed E-state index contributed by atoms with van der Waals surface area (Å²) in [5.41, 5.74) is -1.75. The Morgan fingerprint density at radius 2 is 1.97 bits per heavy atom. The van der Waals surface area contributed by atoms with Crippen molar-refractivity contribution in [3.05, 3.63) is 41.5 Å². The number of ether oxygens (including phenoxy) is 5. The summed E-state index contributed by atoms with van der Waals surface area (Å²) < 4.78 is 41.6. The number of carbonyl (C=O) groups is 1. The van der Waals surface area contributed by atoms with Gasteiger partial charge in [0, 0.05) is 13.2 Å². The Labute approximate surface area is 204 Å². The Kier molecular flexibility index (Phi) is 9.82. The Morgan fingerprint density at radius 1 is 1.29 bits per heavy atom. The predicted molar refractivity (Wildman–Crippen MR) is 126 cm³/mol. The minimum Gasteiger partial charge on any atom is -0.497 e. The number of benzene rings is 1. The van der Waals surface area contributed by atoms with E-state index >= 15 is 0 Å². The summed E-state index contributed by atoms with van der Waals surface area (Å²) in [6.07, 6.45) is 1.98. The molecule has 2 rings (SSSR count). The van der Waals surface area contributed by atoms with Crippen LogP contribution in [0.25, 0.3) is 6.08 Å². The Morgan fingerprint density at radius 3 is 2.54 bits per heavy atom. The molecule has 9 nitrogen and oxygen atoms in total. The third-order valence-corrected chi connectivity index (χ3v) is 5.55. The first-order chi connectivity index (χ1) is 16.3. The molecule has 10 heteroatoms. The maximum absolute atomic E-state index is 14.4. The van der Waals surface area contributed by atoms with Gasteiger partial charge in [-0.25, -0.2) is 9.18 Å². The molecule has 1 heterocycles. The van der Waals surface area contributed by atoms with Crippen LogP contribution in [0.2, 0.25) is 0 Å². The Hall–Kier alpha value is -2.50. The molecule has 5 atom stereocenters. The molecule has 35 heavy (non-hydrogen) atoms. The third-order valence-electron chi connectivity index (χ3n) is 5.55. The van der Waals surface area contributed by atoms with Gasteiger partial charge in [0.05, 0.1) is 19.3 Å². The zero-order valence-corrected chi connectivity index (χ0v) is 20.9. The van der Waals surface area contributed by atoms with E-state index in [9.17, 15) is 24.5 Å². The van der Waals surface area contributed by atoms with E-state index in [1.165, 1.54) is 40.2 Å². The van der Waals surface area contributed by atoms with Crippen LogP contribution in [-0.4, -0.2) is 78.2 Å². The van der Waals surface area contributed by atoms with Gasteiger partial charge in [-0.05, 0) is 51.8 Å². The smallest absolute Gasteiger partial charge is 0.340 e. The molecule has 196 valence electrons. The van der Waals surface area contributed by atoms with Crippen LogP contribution in [0.3, 0.4) is 0 Å². The fourth-order valence-corrected chi connectivity index (χ4v) is 3.52. The number of methoxy groups -OCH3 is 2. The molecule has 3 N–H and O–H groups in total. The predicted octanol–water partition coefficient (Wildman–Crippen LogP) is 3.33. The van der Waals surface area contributed by atoms with Crippen LogP contribution in [0, 0.1) is 0 Å². The number of carboxylic acid groups (broad SMARTS) is 1. The summed E-state index contributed by atoms with van der Waals surface area (Å²) in [6.45, 7) is 5.77. The van der Waals surface area contributed by atoms with Crippen LogP contribution in [0.5, 0.6) is 11.5 Å². The summed E-state index contributed by atoms with van der Waals surface area (Å²) in [5, 5.41) is 29.9. The zero-order valence-electron chi connectivity index (χ0n) is 20.9. The number of aliphatic hydroxyl groups is 2. The third kappa shape index (κ3) is 7.74. The summed E-state index contributed by atoms with van der Waals surface area (Å²) in [5.74, 6) is -1.70. The summed E-state index contributed by atoms with van der Waals surface area (Å²) in [4.78, 5) is 11.9. The number of halogens is 1. The molecule has 1 fully saturated rings. The van der Waals surface area contributed by atoms with Crippen molar-refractivity contribution in [2.75, 3.05) is 21.0 Å². The number of hydrogen-bond donors (Lipinski definition) is 3. The standard InChI is InChI=1S/C25H35FO9/c1-15(27)25(4,26)11-10-18(28)22-19(34-24(2,3)35-22)9-7-8-16-12-17(32-6)13-20(33-14-31-5)21(16)23(29)30/h7-8,10-13,15,18-19,22,27-28H,9,14H2,1-6H3,(H,29,30)/t15?,18?,19-,22?,25?/m0/s1. The summed E-state index contributed by atoms with van der Waals surface area (Å²) in [7, 11) is 2.87. The van der Waals surface area contributed by atoms with Crippen LogP contribution in [-0.2, 0) is 14.2 Å². The van der Waals surface area contributed by atoms with E-state index in [2.05, 4.69) is 0 Å². The quantitative estimate of drug-likeness (QED) is 0.294. The second kappa shape index (κ2) is 12.0. The number of aliphatic hydroxyl groups excluding tert-OH is 2. The highest BCUT2D eigenvalue weighted by atomic mass is 19.1. The van der Waals surface area contributed by atoms with E-state index in [0.29, 0.717) is 11.3 Å². The number of carboxylic acids is 1. The number of rotatable bonds is 12. The maximum Gasteiger partial charge on any atom is 0.340 e. The lowest BCUT2D eigenvalue weighted by molar-refractivity contribution is -0.152. The molecule has 0 radical (unpaired) electrons. The molecule has 1 saturated heterocycles. The number of alkyl halides is 1. The highest BCUT2D eigenvalue weighted by Gasteiger charge is 2.43. The zero-order chi connectivity index (χ0) is 26.4. The van der Waals surface area contributed by atoms with E-state index in [0.717, 1.165) is 6.08 Å². The van der Waals surface area contributed by atoms with Gasteiger partial charge in [-0.15, -0.1) is 0 Å². The van der Waals surface area contributed by atoms with Crippen molar-refractivity contribution in [2.24, 2.45) is 0 Å². The van der Waals surface area contributed by atoms with Crippen molar-refractivity contribution < 1.29 is 48.2 Å². The van der Waals surface area contributed by atoms with Gasteiger partial charge in [0.1, 0.15) is 29.3 Å². The second-order valence-electron chi connectivity index (χ2n) is 8.90. The lowest BCUT2D eigenvalue weighted by atomic mass is 9.98. The highest BCUT2D eigenvalue weighted by molar-refractivity contribution is 5.95. The van der Waals surface area contributed by atoms with E-state index in [4.69, 9.17) is 23.7 Å². The van der Waals surface area contributed by atoms with E-state index in [-0.39, 0.29) is 24.5 Å². The van der Waals surface area contributed by atoms with E-state index in [1.807, 2.05) is 0 Å². The monoisotopic (exact) mass is 498 g/mol. The first-order valence-corrected chi connectivity index (χ1v) is 11.1. The molecular weight excluding hydrogens is 463 g/mol. The van der Waals surface area contributed by atoms with Crippen LogP contribution >= 0.6 is 0 Å². The van der Waals surface area contributed by atoms with Crippen LogP contribution in [0.1, 0.15) is 50.0 Å². The molecule has 0 spiro atoms. The van der Waals surface area contributed by atoms with Gasteiger partial charge in [-0.2, -0.15) is 0 Å². The largest absolute Gasteiger partial charge is 0.497 e. The molecule has 4 unspecified atom stereocenters. The van der Waals surface area contributed by atoms with E-state index in [1.54, 1.807) is 32.1 Å². The van der Waals surface area contributed by atoms with Crippen molar-refractivity contribution in [3.63, 3.8) is 0 Å². The lowest BCUT2D eigenvalue weighted by Crippen LogP contribution is -2.35. The molecule has 0 bridgehead atoms. The fourth-order valence-electron chi connectivity index (χ4n) is 3.52. The van der Waals surface area contributed by atoms with Crippen molar-refractivity contribution >= 4 is 12.0 Å². The SMILES string of the molecule is COCOc1cc(OC)cc(C=CC[C@@H]2OC(C)(C)OC2C(O)C=CC(C)(F)C(C)O)c1C(=O)O. The summed E-state index contributed by atoms with van der Waals surface area (Å²) >= 11 is 0. The second-order valence-corrected chi connectivity index (χ2v) is 8.90. The van der Waals surface area contributed by atoms with E-state index < -0.39 is 41.8 Å². The van der Waals surface area contributed by atoms with Gasteiger partial charge >= 0.3 is 5.97 Å². The maximum atomic E-state index is 14.4. The van der Waals surface area contributed by atoms with Gasteiger partial charge < -0.3 is 39.0 Å². The molecule has 1 aromatic carbocycles. The Balaban J connectivity index is 2.27. The van der Waals surface area contributed by atoms with Crippen molar-refractivity contribution in [1.82, 2.24) is 0 Å². The average Bonchev–Trinajstić information content (AvgIpc) is 3.09. The van der Waals surface area contributed by atoms with Crippen LogP contribution in [0.4, 0.5) is 4.39 Å². The molecule has 0 amide bonds. The topological polar surface area (TPSA) is 124 Å². The normalized spacial score (nSPS) is 23.3. The molecular formula is C25H35FO9. The van der Waals surface area contributed by atoms with Crippen LogP contribution < -0.4 is 9.47 Å². The Bertz CT molecular complexity index is 924. The van der Waals surface area contributed by atoms with Gasteiger partial charge in [-0.3, -0.25) is 0 Å². The fraction of sp³-hybridized carbons (Fsp3) is 0.560. The highest BCUT2D eigenvalue weighted by Crippen LogP contribution is 2.34. The minimum atomic E-state index is -2.02. The van der Waals surface area contributed by atoms with Gasteiger partial charge in [0.15, 0.2) is 18.2 Å². The van der Waals surface area contributed by atoms with Gasteiger partial charge in [0.2, 0.25) is 0 Å². The molecule has 0 aliphatic carbocycles. The summed E-state index contributed by atoms with van der Waals surface area (Å²) in [6, 6.07) is 3.02. The lowest BCUT2D eigenvalue weighted by Gasteiger charge is -2.22. The first-order valence-electron chi connectivity index (χ1n) is 11.1. The minimum absolute atomic E-state index is 0.0668. The first kappa shape index (κ1) is 28.7. The molecule has 0 aromatic heterocycles. The van der Waals surface area contributed by atoms with Crippen molar-refractivity contribution in [3.8, 4) is 11.5 Å². The van der Waals surface area contributed by atoms with Gasteiger partial charge in [-0.1, -0.05) is 18.2 Å². The number of hydrogen-bond acceptors (Lipinski definition) is 8. The molecule has 1 aliphatic rings.